The zero-order chi connectivity index (χ0) is 35.5. The van der Waals surface area contributed by atoms with Crippen molar-refractivity contribution in [2.75, 3.05) is 6.61 Å². The SMILES string of the molecule is CCCCCCCCCCOc1ccc(-c2ccc(C(=O)Oc3ccc(C(=O)O[C@@H](CCCCCCCC)C(F)(F)F)cc3C)cc2)cc1. The molecule has 3 aromatic rings. The Kier molecular flexibility index (Phi) is 17.2. The fraction of sp³-hybridized carbons (Fsp3) is 0.512. The maximum atomic E-state index is 13.6. The highest BCUT2D eigenvalue weighted by molar-refractivity contribution is 5.93. The molecule has 0 saturated heterocycles. The lowest BCUT2D eigenvalue weighted by Crippen LogP contribution is -2.33. The molecule has 0 bridgehead atoms. The van der Waals surface area contributed by atoms with E-state index in [9.17, 15) is 22.8 Å². The van der Waals surface area contributed by atoms with Crippen LogP contribution in [0.3, 0.4) is 0 Å². The van der Waals surface area contributed by atoms with Crippen LogP contribution in [-0.2, 0) is 4.74 Å². The highest BCUT2D eigenvalue weighted by Crippen LogP contribution is 2.29. The van der Waals surface area contributed by atoms with Crippen molar-refractivity contribution >= 4 is 11.9 Å². The summed E-state index contributed by atoms with van der Waals surface area (Å²) in [5.74, 6) is -0.624. The first kappa shape index (κ1) is 39.6. The molecule has 268 valence electrons. The van der Waals surface area contributed by atoms with Crippen LogP contribution in [0.2, 0.25) is 0 Å². The van der Waals surface area contributed by atoms with Gasteiger partial charge in [0.2, 0.25) is 0 Å². The summed E-state index contributed by atoms with van der Waals surface area (Å²) in [6, 6.07) is 19.0. The van der Waals surface area contributed by atoms with E-state index in [0.29, 0.717) is 30.6 Å². The van der Waals surface area contributed by atoms with Gasteiger partial charge in [-0.1, -0.05) is 115 Å². The van der Waals surface area contributed by atoms with Crippen LogP contribution in [0.25, 0.3) is 11.1 Å². The molecule has 0 aromatic heterocycles. The average molecular weight is 683 g/mol. The summed E-state index contributed by atoms with van der Waals surface area (Å²) in [4.78, 5) is 25.5. The molecule has 49 heavy (non-hydrogen) atoms. The summed E-state index contributed by atoms with van der Waals surface area (Å²) in [6.45, 7) is 6.63. The first-order valence-corrected chi connectivity index (χ1v) is 18.1. The van der Waals surface area contributed by atoms with Gasteiger partial charge in [0, 0.05) is 0 Å². The average Bonchev–Trinajstić information content (AvgIpc) is 3.09. The van der Waals surface area contributed by atoms with Crippen molar-refractivity contribution in [1.29, 1.82) is 0 Å². The second kappa shape index (κ2) is 21.3. The lowest BCUT2D eigenvalue weighted by Gasteiger charge is -2.21. The molecule has 5 nitrogen and oxygen atoms in total. The summed E-state index contributed by atoms with van der Waals surface area (Å²) in [6.07, 6.45) is 7.91. The summed E-state index contributed by atoms with van der Waals surface area (Å²) in [5.41, 5.74) is 2.63. The van der Waals surface area contributed by atoms with E-state index < -0.39 is 24.2 Å². The molecular weight excluding hydrogens is 629 g/mol. The van der Waals surface area contributed by atoms with Gasteiger partial charge in [0.1, 0.15) is 11.5 Å². The molecule has 3 rings (SSSR count). The first-order chi connectivity index (χ1) is 23.6. The number of aryl methyl sites for hydroxylation is 1. The van der Waals surface area contributed by atoms with Gasteiger partial charge in [0.05, 0.1) is 17.7 Å². The molecule has 1 atom stereocenters. The Morgan fingerprint density at radius 2 is 1.14 bits per heavy atom. The lowest BCUT2D eigenvalue weighted by atomic mass is 10.0. The number of hydrogen-bond donors (Lipinski definition) is 0. The minimum absolute atomic E-state index is 0.0385. The van der Waals surface area contributed by atoms with Crippen molar-refractivity contribution in [1.82, 2.24) is 0 Å². The first-order valence-electron chi connectivity index (χ1n) is 18.1. The molecule has 0 spiro atoms. The van der Waals surface area contributed by atoms with Crippen LogP contribution >= 0.6 is 0 Å². The molecule has 0 heterocycles. The van der Waals surface area contributed by atoms with Gasteiger partial charge >= 0.3 is 18.1 Å². The van der Waals surface area contributed by atoms with Crippen LogP contribution in [0.4, 0.5) is 13.2 Å². The molecule has 0 radical (unpaired) electrons. The number of halogens is 3. The fourth-order valence-corrected chi connectivity index (χ4v) is 5.61. The zero-order valence-corrected chi connectivity index (χ0v) is 29.4. The van der Waals surface area contributed by atoms with Crippen LogP contribution in [0, 0.1) is 6.92 Å². The monoisotopic (exact) mass is 682 g/mol. The van der Waals surface area contributed by atoms with E-state index in [1.54, 1.807) is 19.1 Å². The molecule has 3 aromatic carbocycles. The molecule has 0 saturated carbocycles. The summed E-state index contributed by atoms with van der Waals surface area (Å²) < 4.78 is 57.1. The summed E-state index contributed by atoms with van der Waals surface area (Å²) in [5, 5.41) is 0. The van der Waals surface area contributed by atoms with Crippen LogP contribution in [0.5, 0.6) is 11.5 Å². The van der Waals surface area contributed by atoms with Gasteiger partial charge in [-0.15, -0.1) is 0 Å². The van der Waals surface area contributed by atoms with Gasteiger partial charge in [-0.2, -0.15) is 13.2 Å². The second-order valence-corrected chi connectivity index (χ2v) is 12.8. The number of unbranched alkanes of at least 4 members (excludes halogenated alkanes) is 12. The smallest absolute Gasteiger partial charge is 0.425 e. The van der Waals surface area contributed by atoms with Crippen LogP contribution < -0.4 is 9.47 Å². The Morgan fingerprint density at radius 1 is 0.633 bits per heavy atom. The molecule has 0 aliphatic carbocycles. The Labute approximate surface area is 290 Å². The molecule has 0 amide bonds. The lowest BCUT2D eigenvalue weighted by molar-refractivity contribution is -0.206. The number of esters is 2. The van der Waals surface area contributed by atoms with E-state index in [1.165, 1.54) is 63.1 Å². The topological polar surface area (TPSA) is 61.8 Å². The van der Waals surface area contributed by atoms with Gasteiger partial charge in [0.25, 0.3) is 0 Å². The Hall–Kier alpha value is -3.81. The van der Waals surface area contributed by atoms with Crippen molar-refractivity contribution < 1.29 is 37.0 Å². The van der Waals surface area contributed by atoms with Crippen molar-refractivity contribution in [3.8, 4) is 22.6 Å². The minimum atomic E-state index is -4.65. The number of alkyl halides is 3. The predicted molar refractivity (Wildman–Crippen MR) is 189 cm³/mol. The number of carbonyl (C=O) groups excluding carboxylic acids is 2. The maximum Gasteiger partial charge on any atom is 0.425 e. The number of benzene rings is 3. The third kappa shape index (κ3) is 14.3. The summed E-state index contributed by atoms with van der Waals surface area (Å²) in [7, 11) is 0. The molecule has 0 aliphatic rings. The van der Waals surface area contributed by atoms with Crippen molar-refractivity contribution in [3.63, 3.8) is 0 Å². The van der Waals surface area contributed by atoms with Gasteiger partial charge in [0.15, 0.2) is 6.10 Å². The standard InChI is InChI=1S/C41H53F3O5/c1-4-6-8-10-12-13-15-17-29-47-36-26-23-33(24-27-36)32-19-21-34(22-20-32)39(45)48-37-28-25-35(30-31(37)3)40(46)49-38(41(42,43)44)18-16-14-11-9-7-5-2/h19-28,30,38H,4-18,29H2,1-3H3/t38-/m0/s1. The van der Waals surface area contributed by atoms with E-state index in [0.717, 1.165) is 49.0 Å². The Bertz CT molecular complexity index is 1400. The number of rotatable bonds is 22. The highest BCUT2D eigenvalue weighted by atomic mass is 19.4. The van der Waals surface area contributed by atoms with Crippen molar-refractivity contribution in [2.45, 2.75) is 129 Å². The van der Waals surface area contributed by atoms with Gasteiger partial charge < -0.3 is 14.2 Å². The Balaban J connectivity index is 1.48. The van der Waals surface area contributed by atoms with Gasteiger partial charge in [-0.3, -0.25) is 0 Å². The van der Waals surface area contributed by atoms with E-state index in [4.69, 9.17) is 14.2 Å². The third-order valence-corrected chi connectivity index (χ3v) is 8.62. The quantitative estimate of drug-likeness (QED) is 0.0600. The van der Waals surface area contributed by atoms with Crippen molar-refractivity contribution in [3.05, 3.63) is 83.4 Å². The normalized spacial score (nSPS) is 12.0. The molecule has 0 aliphatic heterocycles. The highest BCUT2D eigenvalue weighted by Gasteiger charge is 2.42. The van der Waals surface area contributed by atoms with E-state index in [-0.39, 0.29) is 17.7 Å². The van der Waals surface area contributed by atoms with E-state index in [2.05, 4.69) is 13.8 Å². The van der Waals surface area contributed by atoms with Crippen LogP contribution in [-0.4, -0.2) is 30.8 Å². The fourth-order valence-electron chi connectivity index (χ4n) is 5.61. The maximum absolute atomic E-state index is 13.6. The second-order valence-electron chi connectivity index (χ2n) is 12.8. The molecular formula is C41H53F3O5. The number of carbonyl (C=O) groups is 2. The van der Waals surface area contributed by atoms with Crippen molar-refractivity contribution in [2.24, 2.45) is 0 Å². The van der Waals surface area contributed by atoms with Crippen LogP contribution in [0.15, 0.2) is 66.7 Å². The third-order valence-electron chi connectivity index (χ3n) is 8.62. The van der Waals surface area contributed by atoms with Gasteiger partial charge in [-0.25, -0.2) is 9.59 Å². The molecule has 8 heteroatoms. The summed E-state index contributed by atoms with van der Waals surface area (Å²) >= 11 is 0. The minimum Gasteiger partial charge on any atom is -0.494 e. The van der Waals surface area contributed by atoms with Gasteiger partial charge in [-0.05, 0) is 85.3 Å². The zero-order valence-electron chi connectivity index (χ0n) is 29.4. The molecule has 0 fully saturated rings. The number of hydrogen-bond acceptors (Lipinski definition) is 5. The van der Waals surface area contributed by atoms with E-state index >= 15 is 0 Å². The molecule has 0 unspecified atom stereocenters. The largest absolute Gasteiger partial charge is 0.494 e. The molecule has 0 N–H and O–H groups in total. The number of ether oxygens (including phenoxy) is 3. The predicted octanol–water partition coefficient (Wildman–Crippen LogP) is 12.2. The van der Waals surface area contributed by atoms with Crippen LogP contribution in [0.1, 0.15) is 136 Å². The Morgan fingerprint density at radius 3 is 1.69 bits per heavy atom. The van der Waals surface area contributed by atoms with E-state index in [1.807, 2.05) is 36.4 Å².